The summed E-state index contributed by atoms with van der Waals surface area (Å²) in [5.74, 6) is 6.62. The number of rotatable bonds is 4. The first kappa shape index (κ1) is 15.6. The first-order chi connectivity index (χ1) is 10.3. The lowest BCUT2D eigenvalue weighted by Gasteiger charge is -2.17. The normalized spacial score (nSPS) is 17.4. The standard InChI is InChI=1S/C18H23NO2/c1-2-7-15-11-12-19(14-15)18(21)17-10-4-3-8-16(17)9-5-6-13-20/h3-4,8,10,15,20H,2,6-7,11-14H2,1H3. The van der Waals surface area contributed by atoms with Crippen molar-refractivity contribution >= 4 is 5.91 Å². The Labute approximate surface area is 127 Å². The fraction of sp³-hybridized carbons (Fsp3) is 0.500. The van der Waals surface area contributed by atoms with Gasteiger partial charge in [-0.05, 0) is 30.9 Å². The van der Waals surface area contributed by atoms with Crippen LogP contribution in [0.25, 0.3) is 0 Å². The van der Waals surface area contributed by atoms with Crippen molar-refractivity contribution in [1.29, 1.82) is 0 Å². The van der Waals surface area contributed by atoms with Crippen LogP contribution in [0, 0.1) is 17.8 Å². The van der Waals surface area contributed by atoms with Gasteiger partial charge in [0.25, 0.3) is 5.91 Å². The summed E-state index contributed by atoms with van der Waals surface area (Å²) < 4.78 is 0. The van der Waals surface area contributed by atoms with Gasteiger partial charge in [0, 0.05) is 25.1 Å². The first-order valence-corrected chi connectivity index (χ1v) is 7.74. The van der Waals surface area contributed by atoms with Gasteiger partial charge in [0.15, 0.2) is 0 Å². The molecule has 0 saturated carbocycles. The van der Waals surface area contributed by atoms with Crippen molar-refractivity contribution in [2.45, 2.75) is 32.6 Å². The number of benzene rings is 1. The number of aliphatic hydroxyl groups is 1. The number of carbonyl (C=O) groups is 1. The van der Waals surface area contributed by atoms with Gasteiger partial charge in [-0.25, -0.2) is 0 Å². The third-order valence-corrected chi connectivity index (χ3v) is 3.89. The number of carbonyl (C=O) groups excluding carboxylic acids is 1. The molecule has 112 valence electrons. The van der Waals surface area contributed by atoms with Gasteiger partial charge in [0.05, 0.1) is 12.2 Å². The summed E-state index contributed by atoms with van der Waals surface area (Å²) in [6.45, 7) is 3.96. The van der Waals surface area contributed by atoms with E-state index in [2.05, 4.69) is 18.8 Å². The van der Waals surface area contributed by atoms with Crippen molar-refractivity contribution in [3.8, 4) is 11.8 Å². The average Bonchev–Trinajstić information content (AvgIpc) is 2.96. The summed E-state index contributed by atoms with van der Waals surface area (Å²) in [5.41, 5.74) is 1.44. The minimum absolute atomic E-state index is 0.0495. The molecule has 1 aromatic rings. The fourth-order valence-corrected chi connectivity index (χ4v) is 2.82. The van der Waals surface area contributed by atoms with Crippen LogP contribution in [0.4, 0.5) is 0 Å². The highest BCUT2D eigenvalue weighted by Gasteiger charge is 2.27. The Morgan fingerprint density at radius 2 is 2.24 bits per heavy atom. The summed E-state index contributed by atoms with van der Waals surface area (Å²) in [6, 6.07) is 7.49. The minimum atomic E-state index is 0.0495. The zero-order valence-corrected chi connectivity index (χ0v) is 12.6. The number of hydrogen-bond acceptors (Lipinski definition) is 2. The topological polar surface area (TPSA) is 40.5 Å². The summed E-state index contributed by atoms with van der Waals surface area (Å²) in [6.07, 6.45) is 3.92. The second-order valence-electron chi connectivity index (χ2n) is 5.52. The van der Waals surface area contributed by atoms with Crippen LogP contribution in [-0.2, 0) is 0 Å². The molecule has 1 amide bonds. The maximum absolute atomic E-state index is 12.7. The average molecular weight is 285 g/mol. The second kappa shape index (κ2) is 7.85. The fourth-order valence-electron chi connectivity index (χ4n) is 2.82. The number of likely N-dealkylation sites (tertiary alicyclic amines) is 1. The highest BCUT2D eigenvalue weighted by molar-refractivity contribution is 5.96. The lowest BCUT2D eigenvalue weighted by Crippen LogP contribution is -2.29. The molecule has 2 rings (SSSR count). The molecule has 3 heteroatoms. The predicted molar refractivity (Wildman–Crippen MR) is 83.9 cm³/mol. The molecule has 1 N–H and O–H groups in total. The smallest absolute Gasteiger partial charge is 0.255 e. The van der Waals surface area contributed by atoms with Gasteiger partial charge in [-0.1, -0.05) is 37.3 Å². The van der Waals surface area contributed by atoms with E-state index in [-0.39, 0.29) is 12.5 Å². The second-order valence-corrected chi connectivity index (χ2v) is 5.52. The van der Waals surface area contributed by atoms with Gasteiger partial charge in [0.1, 0.15) is 0 Å². The van der Waals surface area contributed by atoms with Gasteiger partial charge in [-0.2, -0.15) is 0 Å². The van der Waals surface area contributed by atoms with Gasteiger partial charge in [0.2, 0.25) is 0 Å². The van der Waals surface area contributed by atoms with E-state index in [0.29, 0.717) is 17.9 Å². The Hall–Kier alpha value is -1.79. The molecule has 1 fully saturated rings. The number of aliphatic hydroxyl groups excluding tert-OH is 1. The van der Waals surface area contributed by atoms with E-state index in [1.807, 2.05) is 29.2 Å². The molecule has 0 aliphatic carbocycles. The quantitative estimate of drug-likeness (QED) is 0.864. The van der Waals surface area contributed by atoms with Crippen molar-refractivity contribution in [2.24, 2.45) is 5.92 Å². The minimum Gasteiger partial charge on any atom is -0.395 e. The first-order valence-electron chi connectivity index (χ1n) is 7.74. The zero-order chi connectivity index (χ0) is 15.1. The number of hydrogen-bond donors (Lipinski definition) is 1. The molecular formula is C18H23NO2. The molecule has 1 atom stereocenters. The van der Waals surface area contributed by atoms with Crippen molar-refractivity contribution in [3.05, 3.63) is 35.4 Å². The van der Waals surface area contributed by atoms with Gasteiger partial charge in [-0.15, -0.1) is 0 Å². The molecule has 1 aliphatic rings. The van der Waals surface area contributed by atoms with Crippen molar-refractivity contribution < 1.29 is 9.90 Å². The summed E-state index contributed by atoms with van der Waals surface area (Å²) in [7, 11) is 0. The van der Waals surface area contributed by atoms with Gasteiger partial charge >= 0.3 is 0 Å². The molecule has 0 bridgehead atoms. The van der Waals surface area contributed by atoms with Crippen molar-refractivity contribution in [1.82, 2.24) is 4.90 Å². The Kier molecular flexibility index (Phi) is 5.83. The predicted octanol–water partition coefficient (Wildman–Crippen LogP) is 2.68. The number of amides is 1. The molecule has 3 nitrogen and oxygen atoms in total. The van der Waals surface area contributed by atoms with Crippen LogP contribution in [0.15, 0.2) is 24.3 Å². The lowest BCUT2D eigenvalue weighted by atomic mass is 10.0. The largest absolute Gasteiger partial charge is 0.395 e. The molecule has 1 heterocycles. The van der Waals surface area contributed by atoms with E-state index in [1.165, 1.54) is 12.8 Å². The van der Waals surface area contributed by atoms with Crippen molar-refractivity contribution in [2.75, 3.05) is 19.7 Å². The van der Waals surface area contributed by atoms with E-state index in [0.717, 1.165) is 25.1 Å². The van der Waals surface area contributed by atoms with Crippen LogP contribution in [0.3, 0.4) is 0 Å². The van der Waals surface area contributed by atoms with E-state index in [1.54, 1.807) is 0 Å². The summed E-state index contributed by atoms with van der Waals surface area (Å²) >= 11 is 0. The van der Waals surface area contributed by atoms with Crippen molar-refractivity contribution in [3.63, 3.8) is 0 Å². The lowest BCUT2D eigenvalue weighted by molar-refractivity contribution is 0.0786. The Morgan fingerprint density at radius 1 is 1.43 bits per heavy atom. The molecule has 1 aromatic carbocycles. The van der Waals surface area contributed by atoms with E-state index >= 15 is 0 Å². The maximum Gasteiger partial charge on any atom is 0.255 e. The van der Waals surface area contributed by atoms with E-state index < -0.39 is 0 Å². The molecular weight excluding hydrogens is 262 g/mol. The van der Waals surface area contributed by atoms with Crippen LogP contribution in [-0.4, -0.2) is 35.6 Å². The maximum atomic E-state index is 12.7. The van der Waals surface area contributed by atoms with Crippen LogP contribution < -0.4 is 0 Å². The van der Waals surface area contributed by atoms with Crippen LogP contribution >= 0.6 is 0 Å². The van der Waals surface area contributed by atoms with Crippen LogP contribution in [0.5, 0.6) is 0 Å². The molecule has 1 unspecified atom stereocenters. The zero-order valence-electron chi connectivity index (χ0n) is 12.6. The number of nitrogens with zero attached hydrogens (tertiary/aromatic N) is 1. The molecule has 1 saturated heterocycles. The van der Waals surface area contributed by atoms with Gasteiger partial charge in [-0.3, -0.25) is 4.79 Å². The molecule has 0 aromatic heterocycles. The third-order valence-electron chi connectivity index (χ3n) is 3.89. The molecule has 21 heavy (non-hydrogen) atoms. The Morgan fingerprint density at radius 3 is 3.00 bits per heavy atom. The monoisotopic (exact) mass is 285 g/mol. The summed E-state index contributed by atoms with van der Waals surface area (Å²) in [5, 5.41) is 8.80. The summed E-state index contributed by atoms with van der Waals surface area (Å²) in [4.78, 5) is 14.6. The SMILES string of the molecule is CCCC1CCN(C(=O)c2ccccc2C#CCCO)C1. The third kappa shape index (κ3) is 4.09. The van der Waals surface area contributed by atoms with Gasteiger partial charge < -0.3 is 10.0 Å². The molecule has 0 spiro atoms. The molecule has 0 radical (unpaired) electrons. The Bertz CT molecular complexity index is 542. The van der Waals surface area contributed by atoms with E-state index in [4.69, 9.17) is 5.11 Å². The van der Waals surface area contributed by atoms with Crippen LogP contribution in [0.2, 0.25) is 0 Å². The Balaban J connectivity index is 2.11. The highest BCUT2D eigenvalue weighted by atomic mass is 16.2. The molecule has 1 aliphatic heterocycles. The highest BCUT2D eigenvalue weighted by Crippen LogP contribution is 2.23. The van der Waals surface area contributed by atoms with Crippen LogP contribution in [0.1, 0.15) is 48.5 Å². The van der Waals surface area contributed by atoms with E-state index in [9.17, 15) is 4.79 Å².